The Kier molecular flexibility index (Phi) is 4.61. The van der Waals surface area contributed by atoms with Gasteiger partial charge in [0, 0.05) is 31.4 Å². The first kappa shape index (κ1) is 17.2. The maximum atomic E-state index is 14.3. The van der Waals surface area contributed by atoms with Crippen LogP contribution in [0, 0.1) is 11.7 Å². The molecule has 7 nitrogen and oxygen atoms in total. The summed E-state index contributed by atoms with van der Waals surface area (Å²) in [6, 6.07) is 3.52. The van der Waals surface area contributed by atoms with Gasteiger partial charge in [0.05, 0.1) is 11.5 Å². The van der Waals surface area contributed by atoms with Crippen LogP contribution in [-0.2, 0) is 4.79 Å². The monoisotopic (exact) mass is 349 g/mol. The number of rotatable bonds is 3. The zero-order valence-corrected chi connectivity index (χ0v) is 13.9. The largest absolute Gasteiger partial charge is 0.481 e. The summed E-state index contributed by atoms with van der Waals surface area (Å²) in [5.74, 6) is -2.82. The number of carboxylic acid groups (broad SMARTS) is 1. The minimum atomic E-state index is -0.951. The Bertz CT molecular complexity index is 724. The lowest BCUT2D eigenvalue weighted by atomic mass is 9.93. The number of urea groups is 1. The number of nitrogens with zero attached hydrogens (tertiary/aromatic N) is 2. The van der Waals surface area contributed by atoms with Crippen LogP contribution in [0.3, 0.4) is 0 Å². The van der Waals surface area contributed by atoms with Gasteiger partial charge in [-0.15, -0.1) is 0 Å². The molecule has 0 aromatic heterocycles. The lowest BCUT2D eigenvalue weighted by Crippen LogP contribution is -2.47. The van der Waals surface area contributed by atoms with E-state index in [2.05, 4.69) is 5.32 Å². The van der Waals surface area contributed by atoms with Gasteiger partial charge in [-0.2, -0.15) is 0 Å². The predicted molar refractivity (Wildman–Crippen MR) is 88.0 cm³/mol. The zero-order valence-electron chi connectivity index (χ0n) is 13.9. The van der Waals surface area contributed by atoms with E-state index in [0.717, 1.165) is 6.07 Å². The fraction of sp³-hybridized carbons (Fsp3) is 0.471. The van der Waals surface area contributed by atoms with Gasteiger partial charge >= 0.3 is 12.0 Å². The van der Waals surface area contributed by atoms with E-state index >= 15 is 0 Å². The third kappa shape index (κ3) is 3.29. The highest BCUT2D eigenvalue weighted by Gasteiger charge is 2.34. The SMILES string of the molecule is CC1CCC(C(=O)O)CN1C(=O)c1cc(N2CCNC2=O)ccc1F. The number of hydrogen-bond donors (Lipinski definition) is 2. The average molecular weight is 349 g/mol. The van der Waals surface area contributed by atoms with Gasteiger partial charge in [-0.25, -0.2) is 9.18 Å². The standard InChI is InChI=1S/C17H20FN3O4/c1-10-2-3-11(16(23)24)9-21(10)15(22)13-8-12(4-5-14(13)18)20-7-6-19-17(20)25/h4-5,8,10-11H,2-3,6-7,9H2,1H3,(H,19,25)(H,23,24). The summed E-state index contributed by atoms with van der Waals surface area (Å²) in [6.07, 6.45) is 1.05. The first-order valence-corrected chi connectivity index (χ1v) is 8.27. The fourth-order valence-corrected chi connectivity index (χ4v) is 3.31. The molecule has 2 heterocycles. The molecule has 3 rings (SSSR count). The van der Waals surface area contributed by atoms with Crippen molar-refractivity contribution in [1.29, 1.82) is 0 Å². The Morgan fingerprint density at radius 1 is 1.32 bits per heavy atom. The van der Waals surface area contributed by atoms with Crippen molar-refractivity contribution in [3.05, 3.63) is 29.6 Å². The highest BCUT2D eigenvalue weighted by Crippen LogP contribution is 2.27. The number of amides is 3. The lowest BCUT2D eigenvalue weighted by Gasteiger charge is -2.36. The molecule has 0 radical (unpaired) electrons. The second-order valence-electron chi connectivity index (χ2n) is 6.47. The van der Waals surface area contributed by atoms with Gasteiger partial charge in [0.15, 0.2) is 0 Å². The molecule has 2 N–H and O–H groups in total. The second kappa shape index (κ2) is 6.70. The van der Waals surface area contributed by atoms with Crippen molar-refractivity contribution in [3.8, 4) is 0 Å². The maximum Gasteiger partial charge on any atom is 0.321 e. The maximum absolute atomic E-state index is 14.3. The molecule has 0 spiro atoms. The van der Waals surface area contributed by atoms with Crippen molar-refractivity contribution in [2.45, 2.75) is 25.8 Å². The molecule has 2 aliphatic heterocycles. The first-order chi connectivity index (χ1) is 11.9. The molecule has 8 heteroatoms. The van der Waals surface area contributed by atoms with E-state index in [4.69, 9.17) is 0 Å². The Balaban J connectivity index is 1.88. The molecule has 2 atom stereocenters. The Morgan fingerprint density at radius 3 is 2.72 bits per heavy atom. The predicted octanol–water partition coefficient (Wildman–Crippen LogP) is 1.68. The molecule has 0 saturated carbocycles. The number of aliphatic carboxylic acids is 1. The van der Waals surface area contributed by atoms with Crippen molar-refractivity contribution >= 4 is 23.6 Å². The number of carboxylic acids is 1. The molecule has 2 aliphatic rings. The first-order valence-electron chi connectivity index (χ1n) is 8.27. The van der Waals surface area contributed by atoms with E-state index in [1.54, 1.807) is 0 Å². The summed E-state index contributed by atoms with van der Waals surface area (Å²) in [5.41, 5.74) is 0.300. The smallest absolute Gasteiger partial charge is 0.321 e. The Hall–Kier alpha value is -2.64. The van der Waals surface area contributed by atoms with Crippen LogP contribution >= 0.6 is 0 Å². The van der Waals surface area contributed by atoms with Crippen LogP contribution in [0.2, 0.25) is 0 Å². The van der Waals surface area contributed by atoms with E-state index < -0.39 is 23.6 Å². The van der Waals surface area contributed by atoms with Gasteiger partial charge in [0.1, 0.15) is 5.82 Å². The Labute approximate surface area is 144 Å². The normalized spacial score (nSPS) is 23.5. The van der Waals surface area contributed by atoms with Crippen molar-refractivity contribution in [2.75, 3.05) is 24.5 Å². The molecule has 2 unspecified atom stereocenters. The number of benzene rings is 1. The van der Waals surface area contributed by atoms with Gasteiger partial charge < -0.3 is 15.3 Å². The number of nitrogens with one attached hydrogen (secondary N) is 1. The minimum Gasteiger partial charge on any atom is -0.481 e. The van der Waals surface area contributed by atoms with Crippen LogP contribution in [0.1, 0.15) is 30.1 Å². The zero-order chi connectivity index (χ0) is 18.1. The van der Waals surface area contributed by atoms with Gasteiger partial charge in [-0.3, -0.25) is 14.5 Å². The van der Waals surface area contributed by atoms with Gasteiger partial charge in [-0.05, 0) is 38.0 Å². The van der Waals surface area contributed by atoms with Crippen LogP contribution in [0.15, 0.2) is 18.2 Å². The number of halogens is 1. The quantitative estimate of drug-likeness (QED) is 0.869. The fourth-order valence-electron chi connectivity index (χ4n) is 3.31. The minimum absolute atomic E-state index is 0.0587. The molecule has 2 fully saturated rings. The van der Waals surface area contributed by atoms with E-state index in [1.165, 1.54) is 21.9 Å². The van der Waals surface area contributed by atoms with E-state index in [-0.39, 0.29) is 24.2 Å². The summed E-state index contributed by atoms with van der Waals surface area (Å²) < 4.78 is 14.3. The molecule has 25 heavy (non-hydrogen) atoms. The molecule has 1 aromatic rings. The molecule has 0 bridgehead atoms. The van der Waals surface area contributed by atoms with Gasteiger partial charge in [0.2, 0.25) is 0 Å². The number of carbonyl (C=O) groups excluding carboxylic acids is 2. The van der Waals surface area contributed by atoms with Gasteiger partial charge in [0.25, 0.3) is 5.91 Å². The molecule has 0 aliphatic carbocycles. The molecule has 2 saturated heterocycles. The Morgan fingerprint density at radius 2 is 2.08 bits per heavy atom. The third-order valence-electron chi connectivity index (χ3n) is 4.84. The van der Waals surface area contributed by atoms with Crippen molar-refractivity contribution in [1.82, 2.24) is 10.2 Å². The molecule has 3 amide bonds. The number of piperidine rings is 1. The third-order valence-corrected chi connectivity index (χ3v) is 4.84. The van der Waals surface area contributed by atoms with Crippen molar-refractivity contribution in [3.63, 3.8) is 0 Å². The van der Waals surface area contributed by atoms with E-state index in [1.807, 2.05) is 6.92 Å². The van der Waals surface area contributed by atoms with E-state index in [9.17, 15) is 23.9 Å². The molecular weight excluding hydrogens is 329 g/mol. The molecule has 1 aromatic carbocycles. The number of likely N-dealkylation sites (tertiary alicyclic amines) is 1. The van der Waals surface area contributed by atoms with Gasteiger partial charge in [-0.1, -0.05) is 0 Å². The van der Waals surface area contributed by atoms with Crippen molar-refractivity contribution in [2.24, 2.45) is 5.92 Å². The van der Waals surface area contributed by atoms with Crippen LogP contribution in [0.4, 0.5) is 14.9 Å². The number of anilines is 1. The highest BCUT2D eigenvalue weighted by molar-refractivity contribution is 5.99. The summed E-state index contributed by atoms with van der Waals surface area (Å²) in [7, 11) is 0. The van der Waals surface area contributed by atoms with Crippen LogP contribution < -0.4 is 10.2 Å². The van der Waals surface area contributed by atoms with Crippen molar-refractivity contribution < 1.29 is 23.9 Å². The van der Waals surface area contributed by atoms with E-state index in [0.29, 0.717) is 31.6 Å². The molecular formula is C17H20FN3O4. The number of carbonyl (C=O) groups is 3. The van der Waals surface area contributed by atoms with Crippen LogP contribution in [0.5, 0.6) is 0 Å². The lowest BCUT2D eigenvalue weighted by molar-refractivity contribution is -0.143. The topological polar surface area (TPSA) is 89.9 Å². The summed E-state index contributed by atoms with van der Waals surface area (Å²) in [6.45, 7) is 2.82. The van der Waals surface area contributed by atoms with Crippen LogP contribution in [-0.4, -0.2) is 53.6 Å². The highest BCUT2D eigenvalue weighted by atomic mass is 19.1. The summed E-state index contributed by atoms with van der Waals surface area (Å²) in [4.78, 5) is 38.7. The van der Waals surface area contributed by atoms with Crippen LogP contribution in [0.25, 0.3) is 0 Å². The molecule has 134 valence electrons. The summed E-state index contributed by atoms with van der Waals surface area (Å²) >= 11 is 0. The number of hydrogen-bond acceptors (Lipinski definition) is 3. The second-order valence-corrected chi connectivity index (χ2v) is 6.47. The average Bonchev–Trinajstić information content (AvgIpc) is 3.01. The summed E-state index contributed by atoms with van der Waals surface area (Å²) in [5, 5.41) is 11.9.